The van der Waals surface area contributed by atoms with Gasteiger partial charge in [0.1, 0.15) is 11.8 Å². The number of aliphatic carboxylic acids is 1. The number of hydrogen-bond acceptors (Lipinski definition) is 4. The van der Waals surface area contributed by atoms with Crippen LogP contribution in [0.4, 0.5) is 4.79 Å². The van der Waals surface area contributed by atoms with Gasteiger partial charge in [0.05, 0.1) is 11.7 Å². The SMILES string of the molecule is Cc1noc(C)c1C(C)NC(=O)NC(C)C(=O)O. The first-order chi connectivity index (χ1) is 8.32. The summed E-state index contributed by atoms with van der Waals surface area (Å²) in [4.78, 5) is 22.1. The third-order valence-electron chi connectivity index (χ3n) is 2.59. The third kappa shape index (κ3) is 3.22. The summed E-state index contributed by atoms with van der Waals surface area (Å²) in [5.74, 6) is -0.457. The second-order valence-electron chi connectivity index (χ2n) is 4.14. The zero-order valence-electron chi connectivity index (χ0n) is 10.8. The Hall–Kier alpha value is -2.05. The van der Waals surface area contributed by atoms with Crippen molar-refractivity contribution in [1.29, 1.82) is 0 Å². The molecule has 1 rings (SSSR count). The molecule has 7 heteroatoms. The van der Waals surface area contributed by atoms with Gasteiger partial charge in [0, 0.05) is 5.56 Å². The summed E-state index contributed by atoms with van der Waals surface area (Å²) < 4.78 is 5.00. The molecule has 0 fully saturated rings. The molecule has 2 amide bonds. The van der Waals surface area contributed by atoms with Crippen LogP contribution in [-0.4, -0.2) is 28.3 Å². The minimum absolute atomic E-state index is 0.308. The molecule has 0 aliphatic rings. The number of nitrogens with zero attached hydrogens (tertiary/aromatic N) is 1. The van der Waals surface area contributed by atoms with E-state index in [1.54, 1.807) is 20.8 Å². The van der Waals surface area contributed by atoms with Crippen molar-refractivity contribution in [3.05, 3.63) is 17.0 Å². The first-order valence-electron chi connectivity index (χ1n) is 5.55. The third-order valence-corrected chi connectivity index (χ3v) is 2.59. The van der Waals surface area contributed by atoms with E-state index in [2.05, 4.69) is 15.8 Å². The summed E-state index contributed by atoms with van der Waals surface area (Å²) in [6, 6.07) is -1.79. The summed E-state index contributed by atoms with van der Waals surface area (Å²) in [6.07, 6.45) is 0. The number of amides is 2. The van der Waals surface area contributed by atoms with Gasteiger partial charge in [0.2, 0.25) is 0 Å². The average Bonchev–Trinajstić information content (AvgIpc) is 2.57. The second-order valence-corrected chi connectivity index (χ2v) is 4.14. The van der Waals surface area contributed by atoms with Crippen LogP contribution in [0.15, 0.2) is 4.52 Å². The van der Waals surface area contributed by atoms with Gasteiger partial charge in [0.25, 0.3) is 0 Å². The van der Waals surface area contributed by atoms with Crippen LogP contribution in [0.2, 0.25) is 0 Å². The van der Waals surface area contributed by atoms with Gasteiger partial charge in [-0.05, 0) is 27.7 Å². The van der Waals surface area contributed by atoms with Gasteiger partial charge in [-0.3, -0.25) is 4.79 Å². The van der Waals surface area contributed by atoms with Gasteiger partial charge >= 0.3 is 12.0 Å². The fourth-order valence-electron chi connectivity index (χ4n) is 1.68. The lowest BCUT2D eigenvalue weighted by Gasteiger charge is -2.16. The number of nitrogens with one attached hydrogen (secondary N) is 2. The molecule has 1 heterocycles. The molecule has 0 bridgehead atoms. The normalized spacial score (nSPS) is 13.8. The molecule has 18 heavy (non-hydrogen) atoms. The smallest absolute Gasteiger partial charge is 0.325 e. The molecule has 1 aromatic heterocycles. The quantitative estimate of drug-likeness (QED) is 0.748. The molecule has 3 N–H and O–H groups in total. The zero-order chi connectivity index (χ0) is 13.9. The molecule has 1 aromatic rings. The maximum atomic E-state index is 11.5. The number of rotatable bonds is 4. The Labute approximate surface area is 105 Å². The Morgan fingerprint density at radius 2 is 1.89 bits per heavy atom. The number of carbonyl (C=O) groups excluding carboxylic acids is 1. The van der Waals surface area contributed by atoms with Crippen molar-refractivity contribution in [1.82, 2.24) is 15.8 Å². The molecule has 0 saturated carbocycles. The van der Waals surface area contributed by atoms with Gasteiger partial charge in [-0.15, -0.1) is 0 Å². The fraction of sp³-hybridized carbons (Fsp3) is 0.545. The Bertz CT molecular complexity index is 436. The van der Waals surface area contributed by atoms with Crippen molar-refractivity contribution in [2.45, 2.75) is 39.8 Å². The van der Waals surface area contributed by atoms with Crippen molar-refractivity contribution < 1.29 is 19.2 Å². The van der Waals surface area contributed by atoms with Crippen molar-refractivity contribution in [3.63, 3.8) is 0 Å². The molecule has 0 spiro atoms. The highest BCUT2D eigenvalue weighted by Crippen LogP contribution is 2.20. The van der Waals surface area contributed by atoms with Crippen molar-refractivity contribution >= 4 is 12.0 Å². The largest absolute Gasteiger partial charge is 0.480 e. The van der Waals surface area contributed by atoms with E-state index in [0.717, 1.165) is 5.56 Å². The van der Waals surface area contributed by atoms with Gasteiger partial charge in [0.15, 0.2) is 0 Å². The molecule has 0 aliphatic heterocycles. The first kappa shape index (κ1) is 14.0. The van der Waals surface area contributed by atoms with Crippen molar-refractivity contribution in [3.8, 4) is 0 Å². The van der Waals surface area contributed by atoms with Gasteiger partial charge in [-0.25, -0.2) is 4.79 Å². The highest BCUT2D eigenvalue weighted by atomic mass is 16.5. The lowest BCUT2D eigenvalue weighted by atomic mass is 10.1. The molecule has 0 saturated heterocycles. The summed E-state index contributed by atoms with van der Waals surface area (Å²) in [5, 5.41) is 17.4. The van der Waals surface area contributed by atoms with E-state index in [1.807, 2.05) is 0 Å². The Morgan fingerprint density at radius 3 is 2.33 bits per heavy atom. The first-order valence-corrected chi connectivity index (χ1v) is 5.55. The molecule has 2 unspecified atom stereocenters. The summed E-state index contributed by atoms with van der Waals surface area (Å²) in [5.41, 5.74) is 1.50. The van der Waals surface area contributed by atoms with Crippen LogP contribution in [0.5, 0.6) is 0 Å². The van der Waals surface area contributed by atoms with Crippen LogP contribution in [-0.2, 0) is 4.79 Å². The average molecular weight is 255 g/mol. The highest BCUT2D eigenvalue weighted by Gasteiger charge is 2.20. The van der Waals surface area contributed by atoms with Crippen LogP contribution >= 0.6 is 0 Å². The molecular weight excluding hydrogens is 238 g/mol. The van der Waals surface area contributed by atoms with E-state index in [-0.39, 0.29) is 6.04 Å². The lowest BCUT2D eigenvalue weighted by Crippen LogP contribution is -2.45. The van der Waals surface area contributed by atoms with Gasteiger partial charge in [-0.1, -0.05) is 5.16 Å². The Kier molecular flexibility index (Phi) is 4.30. The minimum atomic E-state index is -1.09. The molecule has 2 atom stereocenters. The van der Waals surface area contributed by atoms with Crippen LogP contribution in [0, 0.1) is 13.8 Å². The van der Waals surface area contributed by atoms with Crippen molar-refractivity contribution in [2.24, 2.45) is 0 Å². The molecule has 7 nitrogen and oxygen atoms in total. The Balaban J connectivity index is 2.63. The highest BCUT2D eigenvalue weighted by molar-refractivity contribution is 5.82. The topological polar surface area (TPSA) is 104 Å². The van der Waals surface area contributed by atoms with Gasteiger partial charge < -0.3 is 20.3 Å². The van der Waals surface area contributed by atoms with E-state index >= 15 is 0 Å². The second kappa shape index (κ2) is 5.52. The Morgan fingerprint density at radius 1 is 1.28 bits per heavy atom. The molecule has 100 valence electrons. The zero-order valence-corrected chi connectivity index (χ0v) is 10.8. The maximum Gasteiger partial charge on any atom is 0.325 e. The van der Waals surface area contributed by atoms with Crippen LogP contribution in [0.3, 0.4) is 0 Å². The summed E-state index contributed by atoms with van der Waals surface area (Å²) in [6.45, 7) is 6.70. The monoisotopic (exact) mass is 255 g/mol. The number of aryl methyl sites for hydroxylation is 2. The minimum Gasteiger partial charge on any atom is -0.480 e. The fourth-order valence-corrected chi connectivity index (χ4v) is 1.68. The number of carboxylic acid groups (broad SMARTS) is 1. The summed E-state index contributed by atoms with van der Waals surface area (Å²) >= 11 is 0. The number of hydrogen-bond donors (Lipinski definition) is 3. The van der Waals surface area contributed by atoms with E-state index < -0.39 is 18.0 Å². The van der Waals surface area contributed by atoms with Gasteiger partial charge in [-0.2, -0.15) is 0 Å². The predicted octanol–water partition coefficient (Wildman–Crippen LogP) is 1.12. The molecular formula is C11H17N3O4. The lowest BCUT2D eigenvalue weighted by molar-refractivity contribution is -0.138. The predicted molar refractivity (Wildman–Crippen MR) is 63.2 cm³/mol. The van der Waals surface area contributed by atoms with E-state index in [0.29, 0.717) is 11.5 Å². The number of urea groups is 1. The molecule has 0 aliphatic carbocycles. The van der Waals surface area contributed by atoms with Crippen molar-refractivity contribution in [2.75, 3.05) is 0 Å². The number of carbonyl (C=O) groups is 2. The standard InChI is InChI=1S/C11H17N3O4/c1-5(9-6(2)14-18-8(9)4)12-11(17)13-7(3)10(15)16/h5,7H,1-4H3,(H,15,16)(H2,12,13,17). The molecule has 0 aromatic carbocycles. The molecule has 0 radical (unpaired) electrons. The van der Waals surface area contributed by atoms with Crippen LogP contribution in [0.1, 0.15) is 36.9 Å². The number of aromatic nitrogens is 1. The maximum absolute atomic E-state index is 11.5. The van der Waals surface area contributed by atoms with E-state index in [4.69, 9.17) is 9.63 Å². The van der Waals surface area contributed by atoms with E-state index in [9.17, 15) is 9.59 Å². The van der Waals surface area contributed by atoms with E-state index in [1.165, 1.54) is 6.92 Å². The number of carboxylic acids is 1. The summed E-state index contributed by atoms with van der Waals surface area (Å²) in [7, 11) is 0. The van der Waals surface area contributed by atoms with Crippen LogP contribution < -0.4 is 10.6 Å². The van der Waals surface area contributed by atoms with Crippen LogP contribution in [0.25, 0.3) is 0 Å².